The van der Waals surface area contributed by atoms with Crippen LogP contribution in [0.2, 0.25) is 0 Å². The van der Waals surface area contributed by atoms with Crippen LogP contribution in [0.4, 0.5) is 0 Å². The fraction of sp³-hybridized carbons (Fsp3) is 1.00. The van der Waals surface area contributed by atoms with Crippen LogP contribution in [0.15, 0.2) is 0 Å². The molecule has 0 aliphatic carbocycles. The van der Waals surface area contributed by atoms with Gasteiger partial charge in [-0.3, -0.25) is 13.6 Å². The summed E-state index contributed by atoms with van der Waals surface area (Å²) < 4.78 is 28.3. The molecule has 5 heteroatoms. The summed E-state index contributed by atoms with van der Waals surface area (Å²) in [4.78, 5) is 0. The maximum Gasteiger partial charge on any atom is 0.475 e. The molecular weight excluding hydrogens is 239 g/mol. The van der Waals surface area contributed by atoms with E-state index in [9.17, 15) is 4.57 Å². The fourth-order valence-corrected chi connectivity index (χ4v) is 2.53. The summed E-state index contributed by atoms with van der Waals surface area (Å²) in [5.41, 5.74) is 0. The maximum absolute atomic E-state index is 12.3. The van der Waals surface area contributed by atoms with Gasteiger partial charge in [0.25, 0.3) is 0 Å². The summed E-state index contributed by atoms with van der Waals surface area (Å²) in [6.45, 7) is 8.82. The molecule has 0 aromatic carbocycles. The molecule has 0 N–H and O–H groups in total. The van der Waals surface area contributed by atoms with Crippen LogP contribution in [0, 0.1) is 0 Å². The molecule has 0 spiro atoms. The number of rotatable bonds is 11. The van der Waals surface area contributed by atoms with Crippen molar-refractivity contribution in [1.82, 2.24) is 0 Å². The molecule has 0 aliphatic rings. The molecule has 0 amide bonds. The molecule has 0 aromatic rings. The van der Waals surface area contributed by atoms with Gasteiger partial charge in [0, 0.05) is 0 Å². The largest absolute Gasteiger partial charge is 0.475 e. The zero-order valence-corrected chi connectivity index (χ0v) is 12.5. The summed E-state index contributed by atoms with van der Waals surface area (Å²) in [5.74, 6) is 0. The van der Waals surface area contributed by atoms with Crippen LogP contribution in [0.25, 0.3) is 0 Å². The topological polar surface area (TPSA) is 44.8 Å². The quantitative estimate of drug-likeness (QED) is 0.406. The van der Waals surface area contributed by atoms with E-state index in [0.29, 0.717) is 13.2 Å². The van der Waals surface area contributed by atoms with Gasteiger partial charge in [-0.05, 0) is 26.2 Å². The van der Waals surface area contributed by atoms with Crippen molar-refractivity contribution in [2.24, 2.45) is 0 Å². The van der Waals surface area contributed by atoms with Crippen LogP contribution in [0.3, 0.4) is 0 Å². The van der Waals surface area contributed by atoms with Crippen molar-refractivity contribution in [3.8, 4) is 0 Å². The van der Waals surface area contributed by atoms with Gasteiger partial charge in [-0.15, -0.1) is 0 Å². The Morgan fingerprint density at radius 2 is 1.47 bits per heavy atom. The molecule has 0 heterocycles. The Morgan fingerprint density at radius 1 is 1.00 bits per heavy atom. The van der Waals surface area contributed by atoms with Crippen LogP contribution < -0.4 is 0 Å². The zero-order chi connectivity index (χ0) is 13.1. The van der Waals surface area contributed by atoms with Crippen LogP contribution >= 0.6 is 7.82 Å². The lowest BCUT2D eigenvalue weighted by Crippen LogP contribution is -2.09. The lowest BCUT2D eigenvalue weighted by atomic mass is 10.3. The third kappa shape index (κ3) is 8.78. The van der Waals surface area contributed by atoms with Gasteiger partial charge in [0.15, 0.2) is 0 Å². The van der Waals surface area contributed by atoms with E-state index in [1.165, 1.54) is 0 Å². The first-order chi connectivity index (χ1) is 8.08. The molecule has 0 aliphatic heterocycles. The van der Waals surface area contributed by atoms with Gasteiger partial charge in [-0.2, -0.15) is 0 Å². The third-order valence-electron chi connectivity index (χ3n) is 2.38. The van der Waals surface area contributed by atoms with E-state index in [0.717, 1.165) is 32.1 Å². The lowest BCUT2D eigenvalue weighted by Gasteiger charge is -2.21. The second-order valence-corrected chi connectivity index (χ2v) is 5.77. The molecule has 104 valence electrons. The van der Waals surface area contributed by atoms with Crippen molar-refractivity contribution < 1.29 is 18.1 Å². The average molecular weight is 266 g/mol. The van der Waals surface area contributed by atoms with Gasteiger partial charge in [0.1, 0.15) is 0 Å². The SMILES string of the molecule is CCCCOP(=O)(OCCCC)OC(C)CC. The third-order valence-corrected chi connectivity index (χ3v) is 3.99. The number of unbranched alkanes of at least 4 members (excludes halogenated alkanes) is 2. The number of hydrogen-bond donors (Lipinski definition) is 0. The van der Waals surface area contributed by atoms with Crippen LogP contribution in [-0.2, 0) is 18.1 Å². The predicted octanol–water partition coefficient (Wildman–Crippen LogP) is 4.54. The molecule has 0 saturated carbocycles. The summed E-state index contributed by atoms with van der Waals surface area (Å²) in [6, 6.07) is 0. The molecule has 1 atom stereocenters. The van der Waals surface area contributed by atoms with Gasteiger partial charge >= 0.3 is 7.82 Å². The van der Waals surface area contributed by atoms with Gasteiger partial charge in [0.2, 0.25) is 0 Å². The second-order valence-electron chi connectivity index (χ2n) is 4.15. The van der Waals surface area contributed by atoms with Crippen LogP contribution in [0.5, 0.6) is 0 Å². The standard InChI is InChI=1S/C12H27O4P/c1-5-8-10-14-17(13,15-11-9-6-2)16-12(4)7-3/h12H,5-11H2,1-4H3. The number of hydrogen-bond acceptors (Lipinski definition) is 4. The minimum Gasteiger partial charge on any atom is -0.287 e. The predicted molar refractivity (Wildman–Crippen MR) is 70.2 cm³/mol. The van der Waals surface area contributed by atoms with E-state index in [1.54, 1.807) is 0 Å². The monoisotopic (exact) mass is 266 g/mol. The maximum atomic E-state index is 12.3. The molecule has 1 unspecified atom stereocenters. The molecule has 0 radical (unpaired) electrons. The zero-order valence-electron chi connectivity index (χ0n) is 11.6. The van der Waals surface area contributed by atoms with E-state index in [4.69, 9.17) is 13.6 Å². The minimum absolute atomic E-state index is 0.107. The van der Waals surface area contributed by atoms with Crippen molar-refractivity contribution in [1.29, 1.82) is 0 Å². The molecule has 0 saturated heterocycles. The Bertz CT molecular complexity index is 207. The highest BCUT2D eigenvalue weighted by molar-refractivity contribution is 7.48. The highest BCUT2D eigenvalue weighted by atomic mass is 31.2. The van der Waals surface area contributed by atoms with Crippen LogP contribution in [-0.4, -0.2) is 19.3 Å². The van der Waals surface area contributed by atoms with E-state index >= 15 is 0 Å². The fourth-order valence-electron chi connectivity index (χ4n) is 1.03. The number of phosphoric acid groups is 1. The highest BCUT2D eigenvalue weighted by Gasteiger charge is 2.28. The molecule has 0 bridgehead atoms. The van der Waals surface area contributed by atoms with Crippen molar-refractivity contribution in [2.75, 3.05) is 13.2 Å². The molecule has 4 nitrogen and oxygen atoms in total. The summed E-state index contributed by atoms with van der Waals surface area (Å²) in [7, 11) is -3.35. The van der Waals surface area contributed by atoms with Crippen molar-refractivity contribution in [2.45, 2.75) is 65.9 Å². The van der Waals surface area contributed by atoms with Gasteiger partial charge in [0.05, 0.1) is 19.3 Å². The number of phosphoric ester groups is 1. The Morgan fingerprint density at radius 3 is 1.82 bits per heavy atom. The Balaban J connectivity index is 4.19. The normalized spacial score (nSPS) is 13.9. The van der Waals surface area contributed by atoms with E-state index in [1.807, 2.05) is 13.8 Å². The Kier molecular flexibility index (Phi) is 10.1. The molecular formula is C12H27O4P. The van der Waals surface area contributed by atoms with Crippen LogP contribution in [0.1, 0.15) is 59.8 Å². The van der Waals surface area contributed by atoms with Crippen molar-refractivity contribution in [3.05, 3.63) is 0 Å². The second kappa shape index (κ2) is 10.1. The van der Waals surface area contributed by atoms with Gasteiger partial charge in [-0.25, -0.2) is 4.57 Å². The average Bonchev–Trinajstić information content (AvgIpc) is 2.29. The van der Waals surface area contributed by atoms with E-state index < -0.39 is 7.82 Å². The minimum atomic E-state index is -3.35. The lowest BCUT2D eigenvalue weighted by molar-refractivity contribution is 0.0815. The van der Waals surface area contributed by atoms with E-state index in [-0.39, 0.29) is 6.10 Å². The first-order valence-electron chi connectivity index (χ1n) is 6.65. The Labute approximate surface area is 106 Å². The first kappa shape index (κ1) is 17.1. The van der Waals surface area contributed by atoms with Gasteiger partial charge < -0.3 is 0 Å². The summed E-state index contributed by atoms with van der Waals surface area (Å²) >= 11 is 0. The molecule has 17 heavy (non-hydrogen) atoms. The van der Waals surface area contributed by atoms with Crippen molar-refractivity contribution >= 4 is 7.82 Å². The molecule has 0 rings (SSSR count). The highest BCUT2D eigenvalue weighted by Crippen LogP contribution is 2.51. The van der Waals surface area contributed by atoms with Crippen molar-refractivity contribution in [3.63, 3.8) is 0 Å². The molecule has 0 aromatic heterocycles. The smallest absolute Gasteiger partial charge is 0.287 e. The van der Waals surface area contributed by atoms with E-state index in [2.05, 4.69) is 13.8 Å². The van der Waals surface area contributed by atoms with Gasteiger partial charge in [-0.1, -0.05) is 33.6 Å². The Hall–Kier alpha value is 0.110. The summed E-state index contributed by atoms with van der Waals surface area (Å²) in [6.07, 6.45) is 4.41. The summed E-state index contributed by atoms with van der Waals surface area (Å²) in [5, 5.41) is 0. The first-order valence-corrected chi connectivity index (χ1v) is 8.11. The molecule has 0 fully saturated rings.